The molecule has 0 saturated carbocycles. The maximum Gasteiger partial charge on any atom is 0.254 e. The number of carbonyl (C=O) groups is 2. The van der Waals surface area contributed by atoms with E-state index in [0.29, 0.717) is 19.0 Å². The number of hydrogen-bond donors (Lipinski definition) is 2. The summed E-state index contributed by atoms with van der Waals surface area (Å²) in [7, 11) is 1.58. The van der Waals surface area contributed by atoms with Gasteiger partial charge in [-0.2, -0.15) is 0 Å². The highest BCUT2D eigenvalue weighted by Crippen LogP contribution is 2.11. The molecule has 2 rings (SSSR count). The predicted octanol–water partition coefficient (Wildman–Crippen LogP) is 2.80. The number of methoxy groups -OCH3 is 1. The lowest BCUT2D eigenvalue weighted by molar-refractivity contribution is -0.121. The molecule has 0 aromatic heterocycles. The van der Waals surface area contributed by atoms with E-state index in [4.69, 9.17) is 4.74 Å². The Hall–Kier alpha value is -2.96. The molecule has 0 aliphatic heterocycles. The lowest BCUT2D eigenvalue weighted by atomic mass is 10.2. The highest BCUT2D eigenvalue weighted by molar-refractivity contribution is 5.94. The Morgan fingerprint density at radius 2 is 1.77 bits per heavy atom. The van der Waals surface area contributed by atoms with Crippen LogP contribution in [-0.2, 0) is 11.3 Å². The van der Waals surface area contributed by atoms with Gasteiger partial charge < -0.3 is 15.4 Å². The van der Waals surface area contributed by atoms with E-state index in [0.717, 1.165) is 23.4 Å². The van der Waals surface area contributed by atoms with Crippen LogP contribution in [0.1, 0.15) is 28.8 Å². The van der Waals surface area contributed by atoms with Crippen LogP contribution >= 0.6 is 0 Å². The molecule has 0 aliphatic carbocycles. The summed E-state index contributed by atoms with van der Waals surface area (Å²) in [6.07, 6.45) is 0.630. The predicted molar refractivity (Wildman–Crippen MR) is 92.8 cm³/mol. The average Bonchev–Trinajstić information content (AvgIpc) is 2.63. The highest BCUT2D eigenvalue weighted by atomic mass is 19.1. The Morgan fingerprint density at radius 1 is 1.04 bits per heavy atom. The van der Waals surface area contributed by atoms with Crippen molar-refractivity contribution in [2.24, 2.45) is 0 Å². The second kappa shape index (κ2) is 9.50. The van der Waals surface area contributed by atoms with Crippen molar-refractivity contribution in [3.8, 4) is 5.75 Å². The Balaban J connectivity index is 1.67. The summed E-state index contributed by atoms with van der Waals surface area (Å²) in [5, 5.41) is 5.28. The van der Waals surface area contributed by atoms with Gasteiger partial charge in [-0.3, -0.25) is 9.59 Å². The first-order valence-electron chi connectivity index (χ1n) is 8.12. The van der Waals surface area contributed by atoms with Gasteiger partial charge >= 0.3 is 0 Å². The summed E-state index contributed by atoms with van der Waals surface area (Å²) in [6, 6.07) is 10.1. The van der Waals surface area contributed by atoms with Gasteiger partial charge in [-0.1, -0.05) is 12.1 Å². The molecule has 0 radical (unpaired) electrons. The van der Waals surface area contributed by atoms with E-state index in [9.17, 15) is 18.4 Å². The first-order chi connectivity index (χ1) is 12.5. The lowest BCUT2D eigenvalue weighted by Crippen LogP contribution is -2.28. The van der Waals surface area contributed by atoms with Crippen molar-refractivity contribution in [3.63, 3.8) is 0 Å². The van der Waals surface area contributed by atoms with Crippen molar-refractivity contribution in [2.45, 2.75) is 19.4 Å². The van der Waals surface area contributed by atoms with Crippen molar-refractivity contribution in [1.29, 1.82) is 0 Å². The van der Waals surface area contributed by atoms with E-state index in [1.165, 1.54) is 0 Å². The summed E-state index contributed by atoms with van der Waals surface area (Å²) in [5.74, 6) is -1.70. The smallest absolute Gasteiger partial charge is 0.254 e. The fraction of sp³-hybridized carbons (Fsp3) is 0.263. The minimum absolute atomic E-state index is 0.150. The molecule has 0 saturated heterocycles. The molecule has 0 bridgehead atoms. The second-order valence-corrected chi connectivity index (χ2v) is 5.61. The van der Waals surface area contributed by atoms with E-state index in [2.05, 4.69) is 10.6 Å². The van der Waals surface area contributed by atoms with Gasteiger partial charge in [0.1, 0.15) is 17.4 Å². The zero-order valence-corrected chi connectivity index (χ0v) is 14.4. The number of benzene rings is 2. The fourth-order valence-corrected chi connectivity index (χ4v) is 2.25. The third-order valence-electron chi connectivity index (χ3n) is 3.69. The Bertz CT molecular complexity index is 764. The summed E-state index contributed by atoms with van der Waals surface area (Å²) in [6.45, 7) is 0.613. The molecule has 0 unspecified atom stereocenters. The Labute approximate surface area is 150 Å². The number of rotatable bonds is 8. The van der Waals surface area contributed by atoms with E-state index < -0.39 is 17.5 Å². The molecule has 2 aromatic rings. The SMILES string of the molecule is COc1ccc(CNC(=O)CCCNC(=O)c2ccc(F)cc2F)cc1. The molecule has 2 amide bonds. The minimum atomic E-state index is -0.917. The van der Waals surface area contributed by atoms with Gasteiger partial charge in [0.25, 0.3) is 5.91 Å². The zero-order valence-electron chi connectivity index (χ0n) is 14.4. The van der Waals surface area contributed by atoms with Gasteiger partial charge in [0, 0.05) is 25.6 Å². The van der Waals surface area contributed by atoms with Crippen molar-refractivity contribution in [1.82, 2.24) is 10.6 Å². The molecule has 26 heavy (non-hydrogen) atoms. The van der Waals surface area contributed by atoms with E-state index in [-0.39, 0.29) is 24.4 Å². The van der Waals surface area contributed by atoms with Crippen LogP contribution in [0.5, 0.6) is 5.75 Å². The third-order valence-corrected chi connectivity index (χ3v) is 3.69. The van der Waals surface area contributed by atoms with Gasteiger partial charge in [-0.25, -0.2) is 8.78 Å². The van der Waals surface area contributed by atoms with Crippen molar-refractivity contribution in [3.05, 3.63) is 65.2 Å². The molecule has 2 N–H and O–H groups in total. The molecule has 7 heteroatoms. The first kappa shape index (κ1) is 19.4. The molecule has 0 heterocycles. The van der Waals surface area contributed by atoms with Crippen LogP contribution in [0.25, 0.3) is 0 Å². The molecule has 138 valence electrons. The zero-order chi connectivity index (χ0) is 18.9. The van der Waals surface area contributed by atoms with Crippen LogP contribution in [0.3, 0.4) is 0 Å². The molecular weight excluding hydrogens is 342 g/mol. The number of amides is 2. The first-order valence-corrected chi connectivity index (χ1v) is 8.12. The third kappa shape index (κ3) is 5.84. The molecular formula is C19H20F2N2O3. The van der Waals surface area contributed by atoms with Crippen LogP contribution in [-0.4, -0.2) is 25.5 Å². The largest absolute Gasteiger partial charge is 0.497 e. The Kier molecular flexibility index (Phi) is 7.08. The quantitative estimate of drug-likeness (QED) is 0.710. The monoisotopic (exact) mass is 362 g/mol. The van der Waals surface area contributed by atoms with E-state index >= 15 is 0 Å². The van der Waals surface area contributed by atoms with Crippen molar-refractivity contribution >= 4 is 11.8 Å². The van der Waals surface area contributed by atoms with E-state index in [1.54, 1.807) is 7.11 Å². The van der Waals surface area contributed by atoms with Crippen LogP contribution < -0.4 is 15.4 Å². The van der Waals surface area contributed by atoms with Crippen LogP contribution in [0.4, 0.5) is 8.78 Å². The van der Waals surface area contributed by atoms with Gasteiger partial charge in [-0.15, -0.1) is 0 Å². The van der Waals surface area contributed by atoms with Crippen LogP contribution in [0.15, 0.2) is 42.5 Å². The molecule has 2 aromatic carbocycles. The topological polar surface area (TPSA) is 67.4 Å². The second-order valence-electron chi connectivity index (χ2n) is 5.61. The maximum atomic E-state index is 13.5. The summed E-state index contributed by atoms with van der Waals surface area (Å²) in [4.78, 5) is 23.6. The summed E-state index contributed by atoms with van der Waals surface area (Å²) in [5.41, 5.74) is 0.717. The molecule has 0 spiro atoms. The molecule has 0 aliphatic rings. The molecule has 0 fully saturated rings. The number of hydrogen-bond acceptors (Lipinski definition) is 3. The number of nitrogens with one attached hydrogen (secondary N) is 2. The number of halogens is 2. The van der Waals surface area contributed by atoms with Gasteiger partial charge in [0.2, 0.25) is 5.91 Å². The standard InChI is InChI=1S/C19H20F2N2O3/c1-26-15-7-4-13(5-8-15)12-23-18(24)3-2-10-22-19(25)16-9-6-14(20)11-17(16)21/h4-9,11H,2-3,10,12H2,1H3,(H,22,25)(H,23,24). The van der Waals surface area contributed by atoms with Gasteiger partial charge in [0.15, 0.2) is 0 Å². The summed E-state index contributed by atoms with van der Waals surface area (Å²) >= 11 is 0. The van der Waals surface area contributed by atoms with Crippen molar-refractivity contribution in [2.75, 3.05) is 13.7 Å². The molecule has 0 atom stereocenters. The van der Waals surface area contributed by atoms with Crippen LogP contribution in [0, 0.1) is 11.6 Å². The number of carbonyl (C=O) groups excluding carboxylic acids is 2. The average molecular weight is 362 g/mol. The van der Waals surface area contributed by atoms with E-state index in [1.807, 2.05) is 24.3 Å². The minimum Gasteiger partial charge on any atom is -0.497 e. The lowest BCUT2D eigenvalue weighted by Gasteiger charge is -2.08. The van der Waals surface area contributed by atoms with Gasteiger partial charge in [-0.05, 0) is 36.2 Å². The molecule has 5 nitrogen and oxygen atoms in total. The van der Waals surface area contributed by atoms with Crippen molar-refractivity contribution < 1.29 is 23.1 Å². The Morgan fingerprint density at radius 3 is 2.42 bits per heavy atom. The maximum absolute atomic E-state index is 13.5. The normalized spacial score (nSPS) is 10.3. The van der Waals surface area contributed by atoms with Gasteiger partial charge in [0.05, 0.1) is 12.7 Å². The van der Waals surface area contributed by atoms with Crippen LogP contribution in [0.2, 0.25) is 0 Å². The fourth-order valence-electron chi connectivity index (χ4n) is 2.25. The highest BCUT2D eigenvalue weighted by Gasteiger charge is 2.12. The number of ether oxygens (including phenoxy) is 1. The summed E-state index contributed by atoms with van der Waals surface area (Å²) < 4.78 is 31.4.